The first-order valence-electron chi connectivity index (χ1n) is 6.88. The molecule has 0 aliphatic carbocycles. The SMILES string of the molecule is COCc1c(C(=O)NCC(C)(C)C(=O)O)oc2ccccc12. The Kier molecular flexibility index (Phi) is 4.51. The van der Waals surface area contributed by atoms with Gasteiger partial charge < -0.3 is 19.6 Å². The van der Waals surface area contributed by atoms with Crippen molar-refractivity contribution in [2.75, 3.05) is 13.7 Å². The average Bonchev–Trinajstić information content (AvgIpc) is 2.84. The van der Waals surface area contributed by atoms with Crippen LogP contribution in [-0.4, -0.2) is 30.6 Å². The van der Waals surface area contributed by atoms with Crippen molar-refractivity contribution in [1.82, 2.24) is 5.32 Å². The number of fused-ring (bicyclic) bond motifs is 1. The Bertz CT molecular complexity index is 702. The van der Waals surface area contributed by atoms with Crippen LogP contribution in [0.5, 0.6) is 0 Å². The third-order valence-electron chi connectivity index (χ3n) is 3.46. The van der Waals surface area contributed by atoms with Crippen LogP contribution in [0.4, 0.5) is 0 Å². The molecule has 2 aromatic rings. The number of rotatable bonds is 6. The summed E-state index contributed by atoms with van der Waals surface area (Å²) in [5, 5.41) is 12.5. The van der Waals surface area contributed by atoms with Crippen molar-refractivity contribution in [3.8, 4) is 0 Å². The highest BCUT2D eigenvalue weighted by molar-refractivity contribution is 5.99. The monoisotopic (exact) mass is 305 g/mol. The zero-order valence-corrected chi connectivity index (χ0v) is 12.8. The maximum atomic E-state index is 12.3. The van der Waals surface area contributed by atoms with Crippen molar-refractivity contribution in [3.05, 3.63) is 35.6 Å². The molecule has 0 bridgehead atoms. The maximum absolute atomic E-state index is 12.3. The summed E-state index contributed by atoms with van der Waals surface area (Å²) in [5.74, 6) is -1.27. The molecule has 0 aliphatic heterocycles. The fourth-order valence-corrected chi connectivity index (χ4v) is 2.03. The molecule has 1 heterocycles. The second-order valence-corrected chi connectivity index (χ2v) is 5.71. The van der Waals surface area contributed by atoms with Crippen molar-refractivity contribution >= 4 is 22.8 Å². The molecule has 2 rings (SSSR count). The molecule has 1 amide bonds. The van der Waals surface area contributed by atoms with Gasteiger partial charge >= 0.3 is 5.97 Å². The maximum Gasteiger partial charge on any atom is 0.310 e. The van der Waals surface area contributed by atoms with Crippen LogP contribution < -0.4 is 5.32 Å². The third-order valence-corrected chi connectivity index (χ3v) is 3.46. The number of nitrogens with one attached hydrogen (secondary N) is 1. The Morgan fingerprint density at radius 3 is 2.64 bits per heavy atom. The molecule has 0 unspecified atom stereocenters. The lowest BCUT2D eigenvalue weighted by molar-refractivity contribution is -0.146. The summed E-state index contributed by atoms with van der Waals surface area (Å²) in [6.45, 7) is 3.33. The summed E-state index contributed by atoms with van der Waals surface area (Å²) in [6.07, 6.45) is 0. The Hall–Kier alpha value is -2.34. The molecule has 1 aromatic heterocycles. The zero-order chi connectivity index (χ0) is 16.3. The fraction of sp³-hybridized carbons (Fsp3) is 0.375. The molecule has 118 valence electrons. The third kappa shape index (κ3) is 3.12. The van der Waals surface area contributed by atoms with Crippen molar-refractivity contribution < 1.29 is 23.8 Å². The largest absolute Gasteiger partial charge is 0.481 e. The van der Waals surface area contributed by atoms with Crippen LogP contribution in [0.3, 0.4) is 0 Å². The summed E-state index contributed by atoms with van der Waals surface area (Å²) >= 11 is 0. The molecular weight excluding hydrogens is 286 g/mol. The molecule has 0 fully saturated rings. The first kappa shape index (κ1) is 16.0. The first-order chi connectivity index (χ1) is 10.4. The van der Waals surface area contributed by atoms with Crippen LogP contribution >= 0.6 is 0 Å². The topological polar surface area (TPSA) is 88.8 Å². The van der Waals surface area contributed by atoms with Crippen molar-refractivity contribution in [2.45, 2.75) is 20.5 Å². The standard InChI is InChI=1S/C16H19NO5/c1-16(2,15(19)20)9-17-14(18)13-11(8-21-3)10-6-4-5-7-12(10)22-13/h4-7H,8-9H2,1-3H3,(H,17,18)(H,19,20). The van der Waals surface area contributed by atoms with Gasteiger partial charge in [0.2, 0.25) is 0 Å². The van der Waals surface area contributed by atoms with Gasteiger partial charge in [-0.3, -0.25) is 9.59 Å². The van der Waals surface area contributed by atoms with Crippen LogP contribution in [0.1, 0.15) is 30.0 Å². The molecule has 1 aromatic carbocycles. The number of carboxylic acid groups (broad SMARTS) is 1. The lowest BCUT2D eigenvalue weighted by Crippen LogP contribution is -2.39. The summed E-state index contributed by atoms with van der Waals surface area (Å²) in [6, 6.07) is 7.29. The Morgan fingerprint density at radius 2 is 2.00 bits per heavy atom. The number of hydrogen-bond acceptors (Lipinski definition) is 4. The van der Waals surface area contributed by atoms with E-state index in [1.54, 1.807) is 19.9 Å². The molecule has 0 spiro atoms. The first-order valence-corrected chi connectivity index (χ1v) is 6.88. The number of carboxylic acids is 1. The van der Waals surface area contributed by atoms with E-state index in [4.69, 9.17) is 14.3 Å². The molecule has 0 atom stereocenters. The number of carbonyl (C=O) groups is 2. The number of carbonyl (C=O) groups excluding carboxylic acids is 1. The van der Waals surface area contributed by atoms with Crippen LogP contribution in [0.25, 0.3) is 11.0 Å². The quantitative estimate of drug-likeness (QED) is 0.855. The predicted molar refractivity (Wildman–Crippen MR) is 80.7 cm³/mol. The number of hydrogen-bond donors (Lipinski definition) is 2. The smallest absolute Gasteiger partial charge is 0.310 e. The lowest BCUT2D eigenvalue weighted by Gasteiger charge is -2.19. The second-order valence-electron chi connectivity index (χ2n) is 5.71. The van der Waals surface area contributed by atoms with E-state index >= 15 is 0 Å². The minimum absolute atomic E-state index is 0.00460. The molecule has 2 N–H and O–H groups in total. The number of para-hydroxylation sites is 1. The van der Waals surface area contributed by atoms with E-state index in [0.29, 0.717) is 11.1 Å². The molecule has 0 saturated heterocycles. The van der Waals surface area contributed by atoms with Crippen molar-refractivity contribution in [3.63, 3.8) is 0 Å². The van der Waals surface area contributed by atoms with E-state index in [1.165, 1.54) is 7.11 Å². The van der Waals surface area contributed by atoms with E-state index in [-0.39, 0.29) is 18.9 Å². The van der Waals surface area contributed by atoms with E-state index in [1.807, 2.05) is 18.2 Å². The fourth-order valence-electron chi connectivity index (χ4n) is 2.03. The number of furan rings is 1. The number of ether oxygens (including phenoxy) is 1. The minimum atomic E-state index is -1.05. The van der Waals surface area contributed by atoms with Gasteiger partial charge in [-0.05, 0) is 19.9 Å². The van der Waals surface area contributed by atoms with Gasteiger partial charge in [0.25, 0.3) is 5.91 Å². The predicted octanol–water partition coefficient (Wildman–Crippen LogP) is 2.42. The van der Waals surface area contributed by atoms with Crippen LogP contribution in [0, 0.1) is 5.41 Å². The number of amides is 1. The van der Waals surface area contributed by atoms with Gasteiger partial charge in [0.05, 0.1) is 12.0 Å². The molecule has 6 heteroatoms. The number of benzene rings is 1. The number of aliphatic carboxylic acids is 1. The van der Waals surface area contributed by atoms with Crippen LogP contribution in [0.2, 0.25) is 0 Å². The van der Waals surface area contributed by atoms with Gasteiger partial charge in [-0.2, -0.15) is 0 Å². The Morgan fingerprint density at radius 1 is 1.32 bits per heavy atom. The van der Waals surface area contributed by atoms with Crippen molar-refractivity contribution in [2.24, 2.45) is 5.41 Å². The lowest BCUT2D eigenvalue weighted by atomic mass is 9.94. The molecule has 0 radical (unpaired) electrons. The van der Waals surface area contributed by atoms with Gasteiger partial charge in [0.1, 0.15) is 5.58 Å². The Labute approximate surface area is 128 Å². The number of methoxy groups -OCH3 is 1. The summed E-state index contributed by atoms with van der Waals surface area (Å²) < 4.78 is 10.7. The van der Waals surface area contributed by atoms with Gasteiger partial charge in [-0.1, -0.05) is 18.2 Å². The summed E-state index contributed by atoms with van der Waals surface area (Å²) in [7, 11) is 1.54. The summed E-state index contributed by atoms with van der Waals surface area (Å²) in [5.41, 5.74) is 0.198. The second kappa shape index (κ2) is 6.19. The van der Waals surface area contributed by atoms with Gasteiger partial charge in [0.15, 0.2) is 5.76 Å². The van der Waals surface area contributed by atoms with Crippen molar-refractivity contribution in [1.29, 1.82) is 0 Å². The average molecular weight is 305 g/mol. The normalized spacial score (nSPS) is 11.6. The zero-order valence-electron chi connectivity index (χ0n) is 12.8. The van der Waals surface area contributed by atoms with Gasteiger partial charge in [-0.25, -0.2) is 0 Å². The van der Waals surface area contributed by atoms with E-state index < -0.39 is 17.3 Å². The highest BCUT2D eigenvalue weighted by Gasteiger charge is 2.29. The molecule has 6 nitrogen and oxygen atoms in total. The Balaban J connectivity index is 2.28. The molecule has 0 saturated carbocycles. The van der Waals surface area contributed by atoms with E-state index in [9.17, 15) is 9.59 Å². The molecular formula is C16H19NO5. The molecule has 22 heavy (non-hydrogen) atoms. The summed E-state index contributed by atoms with van der Waals surface area (Å²) in [4.78, 5) is 23.4. The van der Waals surface area contributed by atoms with Crippen LogP contribution in [-0.2, 0) is 16.1 Å². The van der Waals surface area contributed by atoms with E-state index in [0.717, 1.165) is 5.39 Å². The van der Waals surface area contributed by atoms with Gasteiger partial charge in [0, 0.05) is 24.6 Å². The minimum Gasteiger partial charge on any atom is -0.481 e. The highest BCUT2D eigenvalue weighted by atomic mass is 16.5. The van der Waals surface area contributed by atoms with Gasteiger partial charge in [-0.15, -0.1) is 0 Å². The highest BCUT2D eigenvalue weighted by Crippen LogP contribution is 2.26. The van der Waals surface area contributed by atoms with E-state index in [2.05, 4.69) is 5.32 Å². The van der Waals surface area contributed by atoms with Crippen LogP contribution in [0.15, 0.2) is 28.7 Å². The molecule has 0 aliphatic rings.